The van der Waals surface area contributed by atoms with Crippen LogP contribution in [0.4, 0.5) is 5.82 Å². The summed E-state index contributed by atoms with van der Waals surface area (Å²) in [5.74, 6) is 0.582. The zero-order valence-electron chi connectivity index (χ0n) is 14.7. The lowest BCUT2D eigenvalue weighted by Crippen LogP contribution is -2.43. The van der Waals surface area contributed by atoms with Crippen LogP contribution in [0.25, 0.3) is 6.08 Å². The average molecular weight is 374 g/mol. The lowest BCUT2D eigenvalue weighted by molar-refractivity contribution is -0.133. The summed E-state index contributed by atoms with van der Waals surface area (Å²) in [6, 6.07) is 8.38. The van der Waals surface area contributed by atoms with Crippen molar-refractivity contribution in [3.8, 4) is 0 Å². The van der Waals surface area contributed by atoms with Gasteiger partial charge in [0.1, 0.15) is 11.8 Å². The Labute approximate surface area is 156 Å². The Morgan fingerprint density at radius 2 is 2.08 bits per heavy atom. The molecule has 1 fully saturated rings. The molecule has 26 heavy (non-hydrogen) atoms. The van der Waals surface area contributed by atoms with Crippen molar-refractivity contribution in [3.63, 3.8) is 0 Å². The zero-order chi connectivity index (χ0) is 18.7. The number of benzene rings is 1. The van der Waals surface area contributed by atoms with Gasteiger partial charge in [0.2, 0.25) is 11.8 Å². The minimum atomic E-state index is -0.506. The van der Waals surface area contributed by atoms with E-state index in [1.165, 1.54) is 0 Å². The molecule has 0 spiro atoms. The highest BCUT2D eigenvalue weighted by Gasteiger charge is 2.34. The number of aryl methyl sites for hydroxylation is 1. The number of hydrogen-bond donors (Lipinski definition) is 1. The summed E-state index contributed by atoms with van der Waals surface area (Å²) in [6.45, 7) is 4.06. The number of rotatable bonds is 4. The molecule has 1 aromatic carbocycles. The smallest absolute Gasteiger partial charge is 0.250 e. The Morgan fingerprint density at radius 3 is 2.73 bits per heavy atom. The summed E-state index contributed by atoms with van der Waals surface area (Å²) >= 11 is 5.88. The highest BCUT2D eigenvalue weighted by molar-refractivity contribution is 6.30. The molecule has 2 heterocycles. The highest BCUT2D eigenvalue weighted by Crippen LogP contribution is 2.22. The molecule has 0 bridgehead atoms. The monoisotopic (exact) mass is 373 g/mol. The van der Waals surface area contributed by atoms with E-state index in [1.807, 2.05) is 12.1 Å². The fourth-order valence-electron chi connectivity index (χ4n) is 3.01. The molecule has 1 saturated heterocycles. The first-order chi connectivity index (χ1) is 12.4. The van der Waals surface area contributed by atoms with Crippen molar-refractivity contribution < 1.29 is 14.1 Å². The van der Waals surface area contributed by atoms with Gasteiger partial charge in [-0.1, -0.05) is 28.9 Å². The summed E-state index contributed by atoms with van der Waals surface area (Å²) in [6.07, 6.45) is 3.21. The van der Waals surface area contributed by atoms with E-state index in [1.54, 1.807) is 43.0 Å². The zero-order valence-corrected chi connectivity index (χ0v) is 15.4. The molecule has 0 aliphatic carbocycles. The normalized spacial score (nSPS) is 17.4. The SMILES string of the molecule is C/C(=C\c1ccc(Cl)cc1)C(=O)N1CCC[C@@H]1C(=O)Nc1cc(C)on1. The van der Waals surface area contributed by atoms with Crippen molar-refractivity contribution in [1.82, 2.24) is 10.1 Å². The second-order valence-electron chi connectivity index (χ2n) is 6.35. The number of likely N-dealkylation sites (tertiary alicyclic amines) is 1. The van der Waals surface area contributed by atoms with Gasteiger partial charge in [-0.2, -0.15) is 0 Å². The molecule has 1 N–H and O–H groups in total. The van der Waals surface area contributed by atoms with Gasteiger partial charge in [0.15, 0.2) is 5.82 Å². The molecule has 1 aromatic heterocycles. The summed E-state index contributed by atoms with van der Waals surface area (Å²) in [4.78, 5) is 27.0. The van der Waals surface area contributed by atoms with E-state index in [2.05, 4.69) is 10.5 Å². The molecular weight excluding hydrogens is 354 g/mol. The summed E-state index contributed by atoms with van der Waals surface area (Å²) < 4.78 is 4.95. The maximum Gasteiger partial charge on any atom is 0.250 e. The van der Waals surface area contributed by atoms with E-state index >= 15 is 0 Å². The van der Waals surface area contributed by atoms with Crippen LogP contribution in [0.15, 0.2) is 40.4 Å². The molecule has 0 unspecified atom stereocenters. The van der Waals surface area contributed by atoms with Crippen LogP contribution in [0.2, 0.25) is 5.02 Å². The van der Waals surface area contributed by atoms with Crippen molar-refractivity contribution in [2.45, 2.75) is 32.7 Å². The summed E-state index contributed by atoms with van der Waals surface area (Å²) in [7, 11) is 0. The molecule has 0 radical (unpaired) electrons. The Morgan fingerprint density at radius 1 is 1.35 bits per heavy atom. The number of amides is 2. The molecule has 7 heteroatoms. The number of aromatic nitrogens is 1. The van der Waals surface area contributed by atoms with Crippen LogP contribution < -0.4 is 5.32 Å². The number of carbonyl (C=O) groups is 2. The molecule has 0 saturated carbocycles. The first kappa shape index (κ1) is 18.2. The molecule has 3 rings (SSSR count). The van der Waals surface area contributed by atoms with Crippen molar-refractivity contribution >= 4 is 35.3 Å². The van der Waals surface area contributed by atoms with Crippen LogP contribution in [0.5, 0.6) is 0 Å². The van der Waals surface area contributed by atoms with Crippen LogP contribution in [-0.4, -0.2) is 34.5 Å². The fraction of sp³-hybridized carbons (Fsp3) is 0.316. The molecule has 2 aromatic rings. The van der Waals surface area contributed by atoms with Crippen LogP contribution in [0, 0.1) is 6.92 Å². The maximum absolute atomic E-state index is 12.8. The Kier molecular flexibility index (Phi) is 5.42. The number of halogens is 1. The second-order valence-corrected chi connectivity index (χ2v) is 6.78. The number of nitrogens with one attached hydrogen (secondary N) is 1. The van der Waals surface area contributed by atoms with E-state index in [9.17, 15) is 9.59 Å². The standard InChI is InChI=1S/C19H20ClN3O3/c1-12(10-14-5-7-15(20)8-6-14)19(25)23-9-3-4-16(23)18(24)21-17-11-13(2)26-22-17/h5-8,10-11,16H,3-4,9H2,1-2H3,(H,21,22,24)/b12-10+/t16-/m1/s1. The van der Waals surface area contributed by atoms with E-state index in [-0.39, 0.29) is 11.8 Å². The average Bonchev–Trinajstić information content (AvgIpc) is 3.25. The van der Waals surface area contributed by atoms with Crippen molar-refractivity contribution in [2.75, 3.05) is 11.9 Å². The van der Waals surface area contributed by atoms with Gasteiger partial charge < -0.3 is 14.7 Å². The molecule has 1 aliphatic heterocycles. The second kappa shape index (κ2) is 7.74. The van der Waals surface area contributed by atoms with Gasteiger partial charge in [0.05, 0.1) is 0 Å². The fourth-order valence-corrected chi connectivity index (χ4v) is 3.14. The van der Waals surface area contributed by atoms with Crippen molar-refractivity contribution in [1.29, 1.82) is 0 Å². The predicted octanol–water partition coefficient (Wildman–Crippen LogP) is 3.67. The van der Waals surface area contributed by atoms with Crippen LogP contribution in [0.3, 0.4) is 0 Å². The first-order valence-corrected chi connectivity index (χ1v) is 8.81. The Balaban J connectivity index is 1.71. The van der Waals surface area contributed by atoms with E-state index in [4.69, 9.17) is 16.1 Å². The molecule has 1 aliphatic rings. The van der Waals surface area contributed by atoms with Gasteiger partial charge in [-0.3, -0.25) is 9.59 Å². The Hall–Kier alpha value is -2.60. The Bertz CT molecular complexity index is 842. The maximum atomic E-state index is 12.8. The number of nitrogens with zero attached hydrogens (tertiary/aromatic N) is 2. The van der Waals surface area contributed by atoms with Gasteiger partial charge in [-0.25, -0.2) is 0 Å². The van der Waals surface area contributed by atoms with Crippen molar-refractivity contribution in [2.24, 2.45) is 0 Å². The van der Waals surface area contributed by atoms with E-state index in [0.29, 0.717) is 35.1 Å². The predicted molar refractivity (Wildman–Crippen MR) is 99.7 cm³/mol. The van der Waals surface area contributed by atoms with Gasteiger partial charge in [-0.15, -0.1) is 0 Å². The molecule has 2 amide bonds. The van der Waals surface area contributed by atoms with Gasteiger partial charge in [0.25, 0.3) is 0 Å². The number of hydrogen-bond acceptors (Lipinski definition) is 4. The third-order valence-electron chi connectivity index (χ3n) is 4.29. The number of carbonyl (C=O) groups excluding carboxylic acids is 2. The van der Waals surface area contributed by atoms with E-state index < -0.39 is 6.04 Å². The molecule has 6 nitrogen and oxygen atoms in total. The first-order valence-electron chi connectivity index (χ1n) is 8.43. The molecule has 1 atom stereocenters. The van der Waals surface area contributed by atoms with Crippen molar-refractivity contribution in [3.05, 3.63) is 52.3 Å². The van der Waals surface area contributed by atoms with Gasteiger partial charge >= 0.3 is 0 Å². The summed E-state index contributed by atoms with van der Waals surface area (Å²) in [5.41, 5.74) is 1.46. The molecular formula is C19H20ClN3O3. The lowest BCUT2D eigenvalue weighted by Gasteiger charge is -2.24. The van der Waals surface area contributed by atoms with Crippen LogP contribution in [-0.2, 0) is 9.59 Å². The molecule has 136 valence electrons. The quantitative estimate of drug-likeness (QED) is 0.829. The lowest BCUT2D eigenvalue weighted by atomic mass is 10.1. The van der Waals surface area contributed by atoms with Crippen LogP contribution in [0.1, 0.15) is 31.1 Å². The minimum absolute atomic E-state index is 0.145. The number of anilines is 1. The van der Waals surface area contributed by atoms with Gasteiger partial charge in [-0.05, 0) is 50.5 Å². The largest absolute Gasteiger partial charge is 0.360 e. The third-order valence-corrected chi connectivity index (χ3v) is 4.54. The van der Waals surface area contributed by atoms with E-state index in [0.717, 1.165) is 12.0 Å². The van der Waals surface area contributed by atoms with Crippen LogP contribution >= 0.6 is 11.6 Å². The highest BCUT2D eigenvalue weighted by atomic mass is 35.5. The topological polar surface area (TPSA) is 75.4 Å². The minimum Gasteiger partial charge on any atom is -0.360 e. The van der Waals surface area contributed by atoms with Gasteiger partial charge in [0, 0.05) is 23.2 Å². The third kappa shape index (κ3) is 4.14. The summed E-state index contributed by atoms with van der Waals surface area (Å²) in [5, 5.41) is 7.12.